The third kappa shape index (κ3) is 4.58. The molecule has 0 spiro atoms. The lowest BCUT2D eigenvalue weighted by Crippen LogP contribution is -2.38. The standard InChI is InChI=1S/C17H18BrN2O2/c1-19(2)11-16(21)14-4-3-9-20(10-14)12-17(22)13-5-7-15(18)8-6-13/h3-10H,11-12H2,1-2H3/q+1. The number of ketones is 2. The first-order chi connectivity index (χ1) is 10.5. The van der Waals surface area contributed by atoms with Crippen LogP contribution >= 0.6 is 15.9 Å². The van der Waals surface area contributed by atoms with Gasteiger partial charge in [-0.3, -0.25) is 9.59 Å². The highest BCUT2D eigenvalue weighted by atomic mass is 79.9. The van der Waals surface area contributed by atoms with Crippen LogP contribution in [0.3, 0.4) is 0 Å². The molecule has 0 aliphatic rings. The Hall–Kier alpha value is -1.85. The average molecular weight is 362 g/mol. The fraction of sp³-hybridized carbons (Fsp3) is 0.235. The van der Waals surface area contributed by atoms with Gasteiger partial charge in [-0.15, -0.1) is 0 Å². The van der Waals surface area contributed by atoms with Gasteiger partial charge in [0, 0.05) is 16.1 Å². The zero-order valence-corrected chi connectivity index (χ0v) is 14.2. The predicted molar refractivity (Wildman–Crippen MR) is 88.0 cm³/mol. The van der Waals surface area contributed by atoms with E-state index in [4.69, 9.17) is 0 Å². The summed E-state index contributed by atoms with van der Waals surface area (Å²) in [5.41, 5.74) is 1.26. The van der Waals surface area contributed by atoms with Crippen LogP contribution in [0.1, 0.15) is 20.7 Å². The summed E-state index contributed by atoms with van der Waals surface area (Å²) in [6, 6.07) is 10.8. The minimum absolute atomic E-state index is 0.00899. The van der Waals surface area contributed by atoms with Gasteiger partial charge in [-0.05, 0) is 32.3 Å². The van der Waals surface area contributed by atoms with E-state index in [0.717, 1.165) is 4.47 Å². The Bertz CT molecular complexity index is 681. The number of rotatable bonds is 6. The van der Waals surface area contributed by atoms with E-state index in [9.17, 15) is 9.59 Å². The van der Waals surface area contributed by atoms with Crippen molar-refractivity contribution in [2.75, 3.05) is 20.6 Å². The van der Waals surface area contributed by atoms with Crippen LogP contribution in [0.25, 0.3) is 0 Å². The maximum absolute atomic E-state index is 12.3. The van der Waals surface area contributed by atoms with Crippen molar-refractivity contribution < 1.29 is 14.2 Å². The number of aromatic nitrogens is 1. The summed E-state index contributed by atoms with van der Waals surface area (Å²) >= 11 is 3.35. The van der Waals surface area contributed by atoms with Crippen molar-refractivity contribution in [3.63, 3.8) is 0 Å². The molecule has 0 aliphatic carbocycles. The first kappa shape index (κ1) is 16.5. The number of benzene rings is 1. The van der Waals surface area contributed by atoms with Crippen molar-refractivity contribution in [1.82, 2.24) is 4.90 Å². The Morgan fingerprint density at radius 3 is 2.36 bits per heavy atom. The monoisotopic (exact) mass is 361 g/mol. The van der Waals surface area contributed by atoms with Crippen molar-refractivity contribution in [1.29, 1.82) is 0 Å². The van der Waals surface area contributed by atoms with Gasteiger partial charge in [-0.25, -0.2) is 0 Å². The smallest absolute Gasteiger partial charge is 0.227 e. The molecule has 0 fully saturated rings. The molecule has 2 rings (SSSR count). The van der Waals surface area contributed by atoms with Crippen LogP contribution in [0, 0.1) is 0 Å². The minimum Gasteiger partial charge on any atom is -0.302 e. The molecule has 0 bridgehead atoms. The number of likely N-dealkylation sites (N-methyl/N-ethyl adjacent to an activating group) is 1. The van der Waals surface area contributed by atoms with E-state index < -0.39 is 0 Å². The van der Waals surface area contributed by atoms with Crippen molar-refractivity contribution in [2.24, 2.45) is 0 Å². The third-order valence-electron chi connectivity index (χ3n) is 3.13. The molecular weight excluding hydrogens is 344 g/mol. The summed E-state index contributed by atoms with van der Waals surface area (Å²) in [5, 5.41) is 0. The predicted octanol–water partition coefficient (Wildman–Crippen LogP) is 2.36. The van der Waals surface area contributed by atoms with Crippen molar-refractivity contribution >= 4 is 27.5 Å². The maximum Gasteiger partial charge on any atom is 0.227 e. The largest absolute Gasteiger partial charge is 0.302 e. The molecule has 4 nitrogen and oxygen atoms in total. The number of pyridine rings is 1. The number of carbonyl (C=O) groups excluding carboxylic acids is 2. The highest BCUT2D eigenvalue weighted by Crippen LogP contribution is 2.11. The normalized spacial score (nSPS) is 10.7. The van der Waals surface area contributed by atoms with Gasteiger partial charge in [0.1, 0.15) is 0 Å². The lowest BCUT2D eigenvalue weighted by molar-refractivity contribution is -0.683. The van der Waals surface area contributed by atoms with E-state index in [1.165, 1.54) is 0 Å². The second kappa shape index (κ2) is 7.42. The molecule has 0 amide bonds. The van der Waals surface area contributed by atoms with E-state index in [1.807, 2.05) is 31.1 Å². The van der Waals surface area contributed by atoms with Crippen LogP contribution < -0.4 is 4.57 Å². The highest BCUT2D eigenvalue weighted by molar-refractivity contribution is 9.10. The van der Waals surface area contributed by atoms with Crippen LogP contribution in [0.2, 0.25) is 0 Å². The van der Waals surface area contributed by atoms with Crippen LogP contribution in [0.4, 0.5) is 0 Å². The Kier molecular flexibility index (Phi) is 5.57. The SMILES string of the molecule is CN(C)CC(=O)c1ccc[n+](CC(=O)c2ccc(Br)cc2)c1. The first-order valence-corrected chi connectivity index (χ1v) is 7.71. The molecule has 2 aromatic rings. The van der Waals surface area contributed by atoms with E-state index in [2.05, 4.69) is 15.9 Å². The fourth-order valence-electron chi connectivity index (χ4n) is 2.06. The van der Waals surface area contributed by atoms with Gasteiger partial charge in [0.2, 0.25) is 12.3 Å². The molecule has 1 aromatic heterocycles. The van der Waals surface area contributed by atoms with Gasteiger partial charge < -0.3 is 4.90 Å². The van der Waals surface area contributed by atoms with E-state index >= 15 is 0 Å². The number of Topliss-reactive ketones (excluding diaryl/α,β-unsaturated/α-hetero) is 2. The summed E-state index contributed by atoms with van der Waals surface area (Å²) in [5.74, 6) is 0.0464. The Labute approximate surface area is 138 Å². The lowest BCUT2D eigenvalue weighted by atomic mass is 10.1. The summed E-state index contributed by atoms with van der Waals surface area (Å²) in [7, 11) is 3.71. The van der Waals surface area contributed by atoms with Gasteiger partial charge in [0.05, 0.1) is 12.1 Å². The van der Waals surface area contributed by atoms with E-state index in [0.29, 0.717) is 17.7 Å². The molecular formula is C17H18BrN2O2+. The van der Waals surface area contributed by atoms with E-state index in [1.54, 1.807) is 41.2 Å². The Morgan fingerprint density at radius 2 is 1.73 bits per heavy atom. The molecule has 0 N–H and O–H groups in total. The molecule has 1 heterocycles. The Balaban J connectivity index is 2.11. The molecule has 0 saturated carbocycles. The van der Waals surface area contributed by atoms with Crippen LogP contribution in [0.5, 0.6) is 0 Å². The average Bonchev–Trinajstić information content (AvgIpc) is 2.47. The van der Waals surface area contributed by atoms with Gasteiger partial charge in [0.25, 0.3) is 0 Å². The van der Waals surface area contributed by atoms with Crippen molar-refractivity contribution in [3.8, 4) is 0 Å². The summed E-state index contributed by atoms with van der Waals surface area (Å²) < 4.78 is 2.68. The first-order valence-electron chi connectivity index (χ1n) is 6.91. The fourth-order valence-corrected chi connectivity index (χ4v) is 2.32. The molecule has 0 aliphatic heterocycles. The number of halogens is 1. The number of hydrogen-bond donors (Lipinski definition) is 0. The summed E-state index contributed by atoms with van der Waals surface area (Å²) in [4.78, 5) is 26.1. The highest BCUT2D eigenvalue weighted by Gasteiger charge is 2.15. The zero-order chi connectivity index (χ0) is 16.1. The molecule has 114 valence electrons. The summed E-state index contributed by atoms with van der Waals surface area (Å²) in [6.07, 6.45) is 3.52. The number of nitrogens with zero attached hydrogens (tertiary/aromatic N) is 2. The van der Waals surface area contributed by atoms with Crippen molar-refractivity contribution in [2.45, 2.75) is 6.54 Å². The van der Waals surface area contributed by atoms with Gasteiger partial charge >= 0.3 is 0 Å². The minimum atomic E-state index is 0.00899. The molecule has 0 radical (unpaired) electrons. The molecule has 22 heavy (non-hydrogen) atoms. The Morgan fingerprint density at radius 1 is 1.05 bits per heavy atom. The third-order valence-corrected chi connectivity index (χ3v) is 3.66. The van der Waals surface area contributed by atoms with Crippen LogP contribution in [0.15, 0.2) is 53.3 Å². The summed E-state index contributed by atoms with van der Waals surface area (Å²) in [6.45, 7) is 0.565. The van der Waals surface area contributed by atoms with E-state index in [-0.39, 0.29) is 18.1 Å². The second-order valence-corrected chi connectivity index (χ2v) is 6.27. The van der Waals surface area contributed by atoms with Gasteiger partial charge in [-0.2, -0.15) is 4.57 Å². The van der Waals surface area contributed by atoms with Gasteiger partial charge in [-0.1, -0.05) is 28.1 Å². The second-order valence-electron chi connectivity index (χ2n) is 5.36. The maximum atomic E-state index is 12.3. The molecule has 0 atom stereocenters. The molecule has 1 aromatic carbocycles. The van der Waals surface area contributed by atoms with Crippen LogP contribution in [-0.4, -0.2) is 37.1 Å². The van der Waals surface area contributed by atoms with Crippen molar-refractivity contribution in [3.05, 3.63) is 64.4 Å². The van der Waals surface area contributed by atoms with Crippen LogP contribution in [-0.2, 0) is 6.54 Å². The molecule has 0 saturated heterocycles. The lowest BCUT2D eigenvalue weighted by Gasteiger charge is -2.07. The molecule has 0 unspecified atom stereocenters. The topological polar surface area (TPSA) is 41.3 Å². The number of hydrogen-bond acceptors (Lipinski definition) is 3. The van der Waals surface area contributed by atoms with Gasteiger partial charge in [0.15, 0.2) is 18.2 Å². The zero-order valence-electron chi connectivity index (χ0n) is 12.6. The number of carbonyl (C=O) groups is 2. The molecule has 5 heteroatoms. The quantitative estimate of drug-likeness (QED) is 0.585.